The van der Waals surface area contributed by atoms with Gasteiger partial charge in [0.25, 0.3) is 0 Å². The van der Waals surface area contributed by atoms with Gasteiger partial charge in [0.05, 0.1) is 85.2 Å². The van der Waals surface area contributed by atoms with Gasteiger partial charge in [-0.05, 0) is 141 Å². The van der Waals surface area contributed by atoms with Gasteiger partial charge in [-0.2, -0.15) is 0 Å². The van der Waals surface area contributed by atoms with Crippen molar-refractivity contribution in [2.45, 2.75) is 130 Å². The summed E-state index contributed by atoms with van der Waals surface area (Å²) in [6.07, 6.45) is 10.7. The first-order valence-corrected chi connectivity index (χ1v) is 32.9. The number of nitrogens with one attached hydrogen (secondary N) is 1. The molecule has 18 nitrogen and oxygen atoms in total. The maximum absolute atomic E-state index is 13.7. The lowest BCUT2D eigenvalue weighted by Crippen LogP contribution is -2.29. The average molecular weight is 1320 g/mol. The molecule has 0 spiro atoms. The number of aromatic amines is 1. The van der Waals surface area contributed by atoms with E-state index in [2.05, 4.69) is 18.8 Å². The van der Waals surface area contributed by atoms with E-state index in [1.807, 2.05) is 176 Å². The highest BCUT2D eigenvalue weighted by atomic mass is 35.5. The summed E-state index contributed by atoms with van der Waals surface area (Å²) in [5.41, 5.74) is 10.3. The van der Waals surface area contributed by atoms with Crippen LogP contribution in [0.3, 0.4) is 0 Å². The van der Waals surface area contributed by atoms with Gasteiger partial charge in [0.15, 0.2) is 0 Å². The van der Waals surface area contributed by atoms with Crippen LogP contribution in [0.15, 0.2) is 160 Å². The topological polar surface area (TPSA) is 196 Å². The summed E-state index contributed by atoms with van der Waals surface area (Å²) in [6, 6.07) is 39.6. The van der Waals surface area contributed by atoms with E-state index in [9.17, 15) is 33.9 Å². The maximum Gasteiger partial charge on any atom is 0.329 e. The first-order valence-electron chi connectivity index (χ1n) is 31.7. The highest BCUT2D eigenvalue weighted by Crippen LogP contribution is 2.32. The Labute approximate surface area is 552 Å². The summed E-state index contributed by atoms with van der Waals surface area (Å²) in [5, 5.41) is 14.4. The minimum Gasteiger partial charge on any atom is -0.481 e. The van der Waals surface area contributed by atoms with Crippen molar-refractivity contribution in [2.75, 3.05) is 13.2 Å². The third-order valence-corrected chi connectivity index (χ3v) is 17.9. The van der Waals surface area contributed by atoms with Crippen molar-refractivity contribution in [1.82, 2.24) is 41.5 Å². The van der Waals surface area contributed by atoms with Crippen molar-refractivity contribution >= 4 is 119 Å². The lowest BCUT2D eigenvalue weighted by molar-refractivity contribution is -0.145. The second-order valence-electron chi connectivity index (χ2n) is 23.5. The molecule has 486 valence electrons. The Morgan fingerprint density at radius 2 is 0.796 bits per heavy atom. The van der Waals surface area contributed by atoms with Crippen LogP contribution in [0.5, 0.6) is 0 Å². The van der Waals surface area contributed by atoms with Gasteiger partial charge in [-0.25, -0.2) is 14.4 Å². The fraction of sp³-hybridized carbons (Fsp3) is 0.333. The number of benzene rings is 6. The van der Waals surface area contributed by atoms with Crippen molar-refractivity contribution in [3.63, 3.8) is 0 Å². The molecule has 0 aliphatic heterocycles. The number of para-hydroxylation sites is 6. The number of carbonyl (C=O) groups is 3. The normalized spacial score (nSPS) is 12.5. The van der Waals surface area contributed by atoms with Crippen LogP contribution in [-0.4, -0.2) is 77.7 Å². The number of H-pyrrole nitrogens is 1. The molecule has 3 unspecified atom stereocenters. The number of fused-ring (bicyclic) bond motifs is 6. The highest BCUT2D eigenvalue weighted by molar-refractivity contribution is 6.32. The average Bonchev–Trinajstić information content (AvgIpc) is 1.63. The van der Waals surface area contributed by atoms with Gasteiger partial charge in [0, 0.05) is 98.6 Å². The van der Waals surface area contributed by atoms with Crippen LogP contribution in [0.1, 0.15) is 127 Å². The number of aryl methyl sites for hydroxylation is 2. The van der Waals surface area contributed by atoms with E-state index in [1.165, 1.54) is 0 Å². The summed E-state index contributed by atoms with van der Waals surface area (Å²) in [7, 11) is 3.94. The molecule has 0 radical (unpaired) electrons. The smallest absolute Gasteiger partial charge is 0.329 e. The fourth-order valence-corrected chi connectivity index (χ4v) is 13.8. The van der Waals surface area contributed by atoms with E-state index in [0.717, 1.165) is 102 Å². The summed E-state index contributed by atoms with van der Waals surface area (Å²) in [4.78, 5) is 80.0. The molecule has 2 N–H and O–H groups in total. The molecule has 3 atom stereocenters. The van der Waals surface area contributed by atoms with Crippen LogP contribution < -0.4 is 17.1 Å². The van der Waals surface area contributed by atoms with Gasteiger partial charge in [0.1, 0.15) is 0 Å². The number of hydrogen-bond acceptors (Lipinski definition) is 8. The van der Waals surface area contributed by atoms with E-state index < -0.39 is 5.97 Å². The van der Waals surface area contributed by atoms with Crippen molar-refractivity contribution in [2.24, 2.45) is 14.1 Å². The number of ether oxygens (including phenoxy) is 2. The molecule has 0 amide bonds. The van der Waals surface area contributed by atoms with E-state index >= 15 is 0 Å². The largest absolute Gasteiger partial charge is 0.481 e. The number of hydrogen-bond donors (Lipinski definition) is 2. The molecular weight excluding hydrogens is 1240 g/mol. The third-order valence-electron chi connectivity index (χ3n) is 17.2. The molecule has 0 saturated carbocycles. The molecule has 93 heavy (non-hydrogen) atoms. The molecule has 0 aliphatic carbocycles. The number of carboxylic acids is 1. The number of aromatic nitrogens is 9. The lowest BCUT2D eigenvalue weighted by atomic mass is 10.1. The third kappa shape index (κ3) is 14.3. The van der Waals surface area contributed by atoms with Crippen LogP contribution in [0.2, 0.25) is 15.1 Å². The SMILES string of the molecule is CCCC(CC(=O)O)n1c(=O)n(Cc2cc(Cl)cc3c2ccn3C)c2ccccc21.CCCC(CC(=O)OCC)n1c(=O)n(Cc2cc(Cl)cc3[nH]ccc23)c2ccccc21.CCCC(CC(=O)OCC)n1c(=O)n(Cc2cc(Cl)cc3c2ccn3C)c2ccccc21. The standard InChI is InChI=1S/C25H28ClN3O3.C24H26ClN3O3.C23H24ClN3O3/c1-4-8-19(15-24(30)32-5-2)29-22-10-7-6-9-21(22)28(25(29)31)16-17-13-18(26)14-23-20(17)11-12-27(23)3;1-3-7-18(14-23(29)31-4-2)28-22-9-6-5-8-21(22)27(24(28)30)15-16-12-17(25)13-20-19(16)10-11-26-20;1-3-6-17(13-22(28)29)27-20-8-5-4-7-19(20)26(23(27)30)14-15-11-16(24)12-21-18(15)9-10-25(21)2/h6-7,9-14,19H,4-5,8,15-16H2,1-3H3;5-6,8-13,18,26H,3-4,7,14-15H2,1-2H3;4-5,7-12,17H,3,6,13-14H2,1-2H3,(H,28,29). The number of carbonyl (C=O) groups excluding carboxylic acids is 2. The predicted molar refractivity (Wildman–Crippen MR) is 372 cm³/mol. The van der Waals surface area contributed by atoms with E-state index in [-0.39, 0.29) is 66.4 Å². The highest BCUT2D eigenvalue weighted by Gasteiger charge is 2.27. The molecule has 0 aliphatic rings. The fourth-order valence-electron chi connectivity index (χ4n) is 13.1. The zero-order valence-electron chi connectivity index (χ0n) is 53.4. The Hall–Kier alpha value is -8.97. The van der Waals surface area contributed by atoms with E-state index in [4.69, 9.17) is 44.3 Å². The van der Waals surface area contributed by atoms with Crippen LogP contribution in [0, 0.1) is 0 Å². The Balaban J connectivity index is 0.000000153. The minimum atomic E-state index is -0.905. The molecule has 6 aromatic heterocycles. The molecule has 21 heteroatoms. The van der Waals surface area contributed by atoms with Gasteiger partial charge in [-0.3, -0.25) is 41.8 Å². The zero-order chi connectivity index (χ0) is 66.2. The number of aliphatic carboxylic acids is 1. The number of carboxylic acid groups (broad SMARTS) is 1. The zero-order valence-corrected chi connectivity index (χ0v) is 55.7. The van der Waals surface area contributed by atoms with Crippen LogP contribution in [-0.2, 0) is 57.6 Å². The number of halogens is 3. The maximum atomic E-state index is 13.7. The molecule has 0 bridgehead atoms. The number of nitrogens with zero attached hydrogens (tertiary/aromatic N) is 8. The summed E-state index contributed by atoms with van der Waals surface area (Å²) < 4.78 is 24.8. The van der Waals surface area contributed by atoms with Gasteiger partial charge < -0.3 is 28.7 Å². The summed E-state index contributed by atoms with van der Waals surface area (Å²) >= 11 is 19.1. The second-order valence-corrected chi connectivity index (χ2v) is 24.8. The molecule has 6 heterocycles. The van der Waals surface area contributed by atoms with Gasteiger partial charge >= 0.3 is 35.0 Å². The lowest BCUT2D eigenvalue weighted by Gasteiger charge is -2.17. The first kappa shape index (κ1) is 66.9. The quantitative estimate of drug-likeness (QED) is 0.0586. The first-order chi connectivity index (χ1) is 44.9. The van der Waals surface area contributed by atoms with E-state index in [1.54, 1.807) is 41.3 Å². The molecular formula is C72H78Cl3N9O9. The van der Waals surface area contributed by atoms with E-state index in [0.29, 0.717) is 67.2 Å². The predicted octanol–water partition coefficient (Wildman–Crippen LogP) is 15.4. The van der Waals surface area contributed by atoms with Crippen LogP contribution in [0.4, 0.5) is 0 Å². The molecule has 6 aromatic carbocycles. The number of rotatable bonds is 23. The van der Waals surface area contributed by atoms with Crippen molar-refractivity contribution in [3.8, 4) is 0 Å². The van der Waals surface area contributed by atoms with Crippen molar-refractivity contribution < 1.29 is 29.0 Å². The molecule has 0 saturated heterocycles. The second kappa shape index (κ2) is 29.8. The van der Waals surface area contributed by atoms with Gasteiger partial charge in [-0.15, -0.1) is 0 Å². The van der Waals surface area contributed by atoms with Gasteiger partial charge in [0.2, 0.25) is 0 Å². The molecule has 12 aromatic rings. The minimum absolute atomic E-state index is 0.0815. The Morgan fingerprint density at radius 3 is 1.15 bits per heavy atom. The number of imidazole rings is 3. The number of esters is 2. The van der Waals surface area contributed by atoms with Crippen molar-refractivity contribution in [3.05, 3.63) is 209 Å². The summed E-state index contributed by atoms with van der Waals surface area (Å²) in [6.45, 7) is 11.5. The Bertz CT molecular complexity index is 4880. The Morgan fingerprint density at radius 1 is 0.452 bits per heavy atom. The summed E-state index contributed by atoms with van der Waals surface area (Å²) in [5.74, 6) is -1.47. The molecule has 0 fully saturated rings. The molecule has 12 rings (SSSR count). The van der Waals surface area contributed by atoms with Crippen molar-refractivity contribution in [1.29, 1.82) is 0 Å². The monoisotopic (exact) mass is 1320 g/mol. The van der Waals surface area contributed by atoms with Crippen LogP contribution in [0.25, 0.3) is 65.8 Å². The van der Waals surface area contributed by atoms with Gasteiger partial charge in [-0.1, -0.05) is 111 Å². The van der Waals surface area contributed by atoms with Crippen LogP contribution >= 0.6 is 34.8 Å². The Kier molecular flexibility index (Phi) is 21.4.